The van der Waals surface area contributed by atoms with Crippen LogP contribution in [0.4, 0.5) is 15.8 Å². The molecule has 33 heavy (non-hydrogen) atoms. The van der Waals surface area contributed by atoms with Gasteiger partial charge in [-0.25, -0.2) is 9.29 Å². The Hall–Kier alpha value is -4.13. The summed E-state index contributed by atoms with van der Waals surface area (Å²) in [4.78, 5) is 27.7. The number of hydrogen-bond acceptors (Lipinski definition) is 5. The molecule has 7 heteroatoms. The Balaban J connectivity index is 1.74. The summed E-state index contributed by atoms with van der Waals surface area (Å²) in [5, 5.41) is 3.08. The van der Waals surface area contributed by atoms with Gasteiger partial charge in [0.05, 0.1) is 24.5 Å². The van der Waals surface area contributed by atoms with Gasteiger partial charge in [-0.2, -0.15) is 0 Å². The minimum atomic E-state index is -0.570. The summed E-state index contributed by atoms with van der Waals surface area (Å²) in [7, 11) is 1.55. The summed E-state index contributed by atoms with van der Waals surface area (Å²) in [6.07, 6.45) is 0.0297. The summed E-state index contributed by atoms with van der Waals surface area (Å²) >= 11 is 0. The first-order valence-electron chi connectivity index (χ1n) is 10.4. The Labute approximate surface area is 191 Å². The first-order valence-corrected chi connectivity index (χ1v) is 10.4. The number of amides is 2. The van der Waals surface area contributed by atoms with Crippen molar-refractivity contribution >= 4 is 28.8 Å². The van der Waals surface area contributed by atoms with Crippen LogP contribution in [0.2, 0.25) is 0 Å². The molecule has 168 valence electrons. The van der Waals surface area contributed by atoms with E-state index in [1.54, 1.807) is 55.6 Å². The number of hydrogen-bond donors (Lipinski definition) is 1. The summed E-state index contributed by atoms with van der Waals surface area (Å²) < 4.78 is 24.7. The van der Waals surface area contributed by atoms with Crippen molar-refractivity contribution in [2.75, 3.05) is 17.3 Å². The monoisotopic (exact) mass is 446 g/mol. The van der Waals surface area contributed by atoms with Crippen LogP contribution in [-0.2, 0) is 9.59 Å². The quantitative estimate of drug-likeness (QED) is 0.517. The molecule has 0 spiro atoms. The van der Waals surface area contributed by atoms with E-state index in [0.717, 1.165) is 11.0 Å². The van der Waals surface area contributed by atoms with Gasteiger partial charge in [0, 0.05) is 5.69 Å². The smallest absolute Gasteiger partial charge is 0.282 e. The van der Waals surface area contributed by atoms with Gasteiger partial charge in [-0.05, 0) is 74.0 Å². The Morgan fingerprint density at radius 3 is 2.15 bits per heavy atom. The van der Waals surface area contributed by atoms with E-state index in [0.29, 0.717) is 22.7 Å². The molecule has 0 atom stereocenters. The van der Waals surface area contributed by atoms with Crippen LogP contribution in [-0.4, -0.2) is 25.0 Å². The van der Waals surface area contributed by atoms with Crippen molar-refractivity contribution < 1.29 is 23.5 Å². The van der Waals surface area contributed by atoms with Crippen molar-refractivity contribution in [2.45, 2.75) is 20.0 Å². The number of methoxy groups -OCH3 is 1. The Bertz CT molecular complexity index is 1220. The second kappa shape index (κ2) is 9.16. The van der Waals surface area contributed by atoms with E-state index >= 15 is 0 Å². The van der Waals surface area contributed by atoms with Crippen LogP contribution in [0.5, 0.6) is 11.5 Å². The molecule has 0 saturated carbocycles. The Morgan fingerprint density at radius 1 is 0.879 bits per heavy atom. The van der Waals surface area contributed by atoms with Crippen LogP contribution in [0, 0.1) is 5.82 Å². The number of ether oxygens (including phenoxy) is 2. The van der Waals surface area contributed by atoms with E-state index in [2.05, 4.69) is 5.32 Å². The van der Waals surface area contributed by atoms with E-state index in [-0.39, 0.29) is 23.1 Å². The zero-order valence-corrected chi connectivity index (χ0v) is 18.5. The minimum Gasteiger partial charge on any atom is -0.497 e. The van der Waals surface area contributed by atoms with E-state index in [1.807, 2.05) is 13.8 Å². The van der Waals surface area contributed by atoms with Gasteiger partial charge in [0.2, 0.25) is 0 Å². The Kier molecular flexibility index (Phi) is 6.13. The van der Waals surface area contributed by atoms with E-state index in [9.17, 15) is 14.0 Å². The molecule has 0 aliphatic carbocycles. The molecule has 0 unspecified atom stereocenters. The SMILES string of the molecule is COc1ccc(C2=C(Nc3ccc(OC(C)C)cc3)C(=O)N(c3cccc(F)c3)C2=O)cc1. The molecule has 0 bridgehead atoms. The van der Waals surface area contributed by atoms with Crippen molar-refractivity contribution in [2.24, 2.45) is 0 Å². The molecule has 0 fully saturated rings. The van der Waals surface area contributed by atoms with Gasteiger partial charge in [0.1, 0.15) is 23.0 Å². The number of carbonyl (C=O) groups excluding carboxylic acids is 2. The number of imide groups is 1. The molecule has 3 aromatic carbocycles. The van der Waals surface area contributed by atoms with Crippen LogP contribution in [0.3, 0.4) is 0 Å². The summed E-state index contributed by atoms with van der Waals surface area (Å²) in [5.74, 6) is -0.346. The molecule has 0 saturated heterocycles. The maximum atomic E-state index is 13.8. The minimum absolute atomic E-state index is 0.0297. The molecule has 1 aliphatic rings. The molecule has 1 aliphatic heterocycles. The zero-order valence-electron chi connectivity index (χ0n) is 18.5. The van der Waals surface area contributed by atoms with Crippen molar-refractivity contribution in [3.05, 3.63) is 89.9 Å². The van der Waals surface area contributed by atoms with E-state index in [1.165, 1.54) is 18.2 Å². The largest absolute Gasteiger partial charge is 0.497 e. The summed E-state index contributed by atoms with van der Waals surface area (Å²) in [6.45, 7) is 3.86. The fourth-order valence-electron chi connectivity index (χ4n) is 3.55. The highest BCUT2D eigenvalue weighted by molar-refractivity contribution is 6.46. The van der Waals surface area contributed by atoms with Gasteiger partial charge < -0.3 is 14.8 Å². The number of nitrogens with zero attached hydrogens (tertiary/aromatic N) is 1. The number of benzene rings is 3. The number of nitrogens with one attached hydrogen (secondary N) is 1. The van der Waals surface area contributed by atoms with Crippen LogP contribution in [0.25, 0.3) is 5.57 Å². The van der Waals surface area contributed by atoms with Crippen LogP contribution >= 0.6 is 0 Å². The highest BCUT2D eigenvalue weighted by Gasteiger charge is 2.40. The van der Waals surface area contributed by atoms with Gasteiger partial charge in [-0.3, -0.25) is 9.59 Å². The van der Waals surface area contributed by atoms with Crippen molar-refractivity contribution in [1.29, 1.82) is 0 Å². The first kappa shape index (κ1) is 22.1. The molecule has 0 aromatic heterocycles. The van der Waals surface area contributed by atoms with Crippen LogP contribution < -0.4 is 19.7 Å². The van der Waals surface area contributed by atoms with Gasteiger partial charge >= 0.3 is 0 Å². The molecular weight excluding hydrogens is 423 g/mol. The third kappa shape index (κ3) is 4.57. The third-order valence-corrected chi connectivity index (χ3v) is 5.02. The van der Waals surface area contributed by atoms with Crippen molar-refractivity contribution in [3.63, 3.8) is 0 Å². The fraction of sp³-hybridized carbons (Fsp3) is 0.154. The molecule has 1 heterocycles. The lowest BCUT2D eigenvalue weighted by molar-refractivity contribution is -0.120. The predicted molar refractivity (Wildman–Crippen MR) is 125 cm³/mol. The molecule has 0 radical (unpaired) electrons. The standard InChI is InChI=1S/C26H23FN2O4/c1-16(2)33-22-13-9-19(10-14-22)28-24-23(17-7-11-21(32-3)12-8-17)25(30)29(26(24)31)20-6-4-5-18(27)15-20/h4-16,28H,1-3H3. The lowest BCUT2D eigenvalue weighted by Crippen LogP contribution is -2.32. The summed E-state index contributed by atoms with van der Waals surface area (Å²) in [5.41, 5.74) is 1.60. The average Bonchev–Trinajstić information content (AvgIpc) is 3.04. The molecule has 6 nitrogen and oxygen atoms in total. The lowest BCUT2D eigenvalue weighted by atomic mass is 10.0. The molecule has 4 rings (SSSR count). The second-order valence-corrected chi connectivity index (χ2v) is 7.72. The van der Waals surface area contributed by atoms with Crippen molar-refractivity contribution in [3.8, 4) is 11.5 Å². The van der Waals surface area contributed by atoms with E-state index in [4.69, 9.17) is 9.47 Å². The van der Waals surface area contributed by atoms with Crippen LogP contribution in [0.15, 0.2) is 78.5 Å². The predicted octanol–water partition coefficient (Wildman–Crippen LogP) is 5.02. The van der Waals surface area contributed by atoms with E-state index < -0.39 is 17.6 Å². The number of anilines is 2. The van der Waals surface area contributed by atoms with Gasteiger partial charge in [0.25, 0.3) is 11.8 Å². The van der Waals surface area contributed by atoms with Gasteiger partial charge in [0.15, 0.2) is 0 Å². The maximum Gasteiger partial charge on any atom is 0.282 e. The number of halogens is 1. The highest BCUT2D eigenvalue weighted by atomic mass is 19.1. The average molecular weight is 446 g/mol. The van der Waals surface area contributed by atoms with Gasteiger partial charge in [-0.1, -0.05) is 18.2 Å². The third-order valence-electron chi connectivity index (χ3n) is 5.02. The molecule has 2 amide bonds. The summed E-state index contributed by atoms with van der Waals surface area (Å²) in [6, 6.07) is 19.3. The number of rotatable bonds is 7. The molecule has 1 N–H and O–H groups in total. The van der Waals surface area contributed by atoms with Gasteiger partial charge in [-0.15, -0.1) is 0 Å². The highest BCUT2D eigenvalue weighted by Crippen LogP contribution is 2.34. The lowest BCUT2D eigenvalue weighted by Gasteiger charge is -2.15. The Morgan fingerprint density at radius 2 is 1.55 bits per heavy atom. The second-order valence-electron chi connectivity index (χ2n) is 7.72. The number of carbonyl (C=O) groups is 2. The van der Waals surface area contributed by atoms with Crippen molar-refractivity contribution in [1.82, 2.24) is 0 Å². The maximum absolute atomic E-state index is 13.8. The zero-order chi connectivity index (χ0) is 23.5. The first-order chi connectivity index (χ1) is 15.9. The molecule has 3 aromatic rings. The topological polar surface area (TPSA) is 67.9 Å². The van der Waals surface area contributed by atoms with Crippen LogP contribution in [0.1, 0.15) is 19.4 Å². The molecular formula is C26H23FN2O4. The fourth-order valence-corrected chi connectivity index (χ4v) is 3.55. The normalized spacial score (nSPS) is 13.7.